The van der Waals surface area contributed by atoms with E-state index in [2.05, 4.69) is 10.1 Å². The highest BCUT2D eigenvalue weighted by Gasteiger charge is 2.19. The number of carbonyl (C=O) groups excluding carboxylic acids is 1. The third-order valence-electron chi connectivity index (χ3n) is 4.78. The Kier molecular flexibility index (Phi) is 7.24. The van der Waals surface area contributed by atoms with Gasteiger partial charge in [-0.05, 0) is 37.5 Å². The molecule has 1 atom stereocenters. The molecule has 1 unspecified atom stereocenters. The first kappa shape index (κ1) is 21.2. The molecule has 1 aliphatic rings. The van der Waals surface area contributed by atoms with Crippen molar-refractivity contribution >= 4 is 29.3 Å². The highest BCUT2D eigenvalue weighted by Crippen LogP contribution is 2.29. The Balaban J connectivity index is 0.00000261. The fourth-order valence-electron chi connectivity index (χ4n) is 3.25. The lowest BCUT2D eigenvalue weighted by atomic mass is 10.0. The van der Waals surface area contributed by atoms with Crippen LogP contribution in [0.25, 0.3) is 11.0 Å². The molecule has 7 nitrogen and oxygen atoms in total. The predicted molar refractivity (Wildman–Crippen MR) is 103 cm³/mol. The van der Waals surface area contributed by atoms with E-state index in [0.29, 0.717) is 35.2 Å². The zero-order chi connectivity index (χ0) is 18.7. The van der Waals surface area contributed by atoms with Gasteiger partial charge in [-0.1, -0.05) is 0 Å². The lowest BCUT2D eigenvalue weighted by Crippen LogP contribution is -2.26. The van der Waals surface area contributed by atoms with Crippen LogP contribution in [0, 0.1) is 6.92 Å². The van der Waals surface area contributed by atoms with E-state index in [1.807, 2.05) is 0 Å². The van der Waals surface area contributed by atoms with Crippen molar-refractivity contribution in [3.63, 3.8) is 0 Å². The van der Waals surface area contributed by atoms with E-state index in [0.717, 1.165) is 19.4 Å². The molecule has 2 aromatic rings. The van der Waals surface area contributed by atoms with Crippen molar-refractivity contribution in [3.05, 3.63) is 39.2 Å². The molecule has 1 aliphatic heterocycles. The third kappa shape index (κ3) is 4.61. The molecular weight excluding hydrogens is 374 g/mol. The Labute approximate surface area is 163 Å². The van der Waals surface area contributed by atoms with E-state index in [9.17, 15) is 14.7 Å². The number of aromatic hydroxyl groups is 1. The summed E-state index contributed by atoms with van der Waals surface area (Å²) in [5.41, 5.74) is 1.19. The minimum atomic E-state index is -0.591. The normalized spacial score (nSPS) is 16.3. The number of ether oxygens (including phenoxy) is 2. The molecule has 0 amide bonds. The smallest absolute Gasteiger partial charge is 0.340 e. The fourth-order valence-corrected chi connectivity index (χ4v) is 3.25. The van der Waals surface area contributed by atoms with Crippen LogP contribution < -0.4 is 10.9 Å². The minimum Gasteiger partial charge on any atom is -0.507 e. The maximum atomic E-state index is 12.4. The molecule has 3 rings (SSSR count). The summed E-state index contributed by atoms with van der Waals surface area (Å²) in [7, 11) is 1.27. The molecule has 8 heteroatoms. The summed E-state index contributed by atoms with van der Waals surface area (Å²) in [6.45, 7) is 3.56. The van der Waals surface area contributed by atoms with Gasteiger partial charge in [0.15, 0.2) is 0 Å². The van der Waals surface area contributed by atoms with Gasteiger partial charge in [-0.25, -0.2) is 4.79 Å². The molecule has 1 aromatic carbocycles. The Morgan fingerprint density at radius 3 is 2.81 bits per heavy atom. The number of hydrogen-bond acceptors (Lipinski definition) is 7. The van der Waals surface area contributed by atoms with Crippen molar-refractivity contribution < 1.29 is 23.8 Å². The molecule has 0 radical (unpaired) electrons. The average Bonchev–Trinajstić information content (AvgIpc) is 3.13. The number of halogens is 1. The van der Waals surface area contributed by atoms with Crippen molar-refractivity contribution in [2.45, 2.75) is 38.8 Å². The molecule has 1 aromatic heterocycles. The number of benzene rings is 1. The van der Waals surface area contributed by atoms with Crippen LogP contribution >= 0.6 is 12.4 Å². The second kappa shape index (κ2) is 9.21. The zero-order valence-corrected chi connectivity index (χ0v) is 16.2. The first-order valence-corrected chi connectivity index (χ1v) is 8.67. The summed E-state index contributed by atoms with van der Waals surface area (Å²) in [5.74, 6) is -0.447. The fraction of sp³-hybridized carbons (Fsp3) is 0.474. The molecule has 27 heavy (non-hydrogen) atoms. The lowest BCUT2D eigenvalue weighted by Gasteiger charge is -2.14. The van der Waals surface area contributed by atoms with E-state index in [4.69, 9.17) is 9.15 Å². The van der Waals surface area contributed by atoms with Crippen LogP contribution in [0.3, 0.4) is 0 Å². The SMILES string of the molecule is COC(=O)Cc1c(C)c2ccc(O)c(CNCC3CCCO3)c2oc1=O.Cl. The first-order valence-electron chi connectivity index (χ1n) is 8.67. The number of fused-ring (bicyclic) bond motifs is 1. The van der Waals surface area contributed by atoms with Gasteiger partial charge in [-0.2, -0.15) is 0 Å². The topological polar surface area (TPSA) is 98.0 Å². The van der Waals surface area contributed by atoms with Gasteiger partial charge in [-0.15, -0.1) is 12.4 Å². The van der Waals surface area contributed by atoms with Gasteiger partial charge in [0.05, 0.1) is 30.8 Å². The number of rotatable bonds is 6. The molecule has 0 aliphatic carbocycles. The zero-order valence-electron chi connectivity index (χ0n) is 15.4. The van der Waals surface area contributed by atoms with Crippen molar-refractivity contribution in [2.75, 3.05) is 20.3 Å². The van der Waals surface area contributed by atoms with Gasteiger partial charge in [0, 0.05) is 25.1 Å². The van der Waals surface area contributed by atoms with E-state index < -0.39 is 11.6 Å². The van der Waals surface area contributed by atoms with E-state index in [1.54, 1.807) is 19.1 Å². The number of phenols is 1. The number of nitrogens with one attached hydrogen (secondary N) is 1. The van der Waals surface area contributed by atoms with Gasteiger partial charge in [0.2, 0.25) is 0 Å². The van der Waals surface area contributed by atoms with Crippen LogP contribution in [0.15, 0.2) is 21.3 Å². The largest absolute Gasteiger partial charge is 0.507 e. The summed E-state index contributed by atoms with van der Waals surface area (Å²) in [6.07, 6.45) is 2.10. The van der Waals surface area contributed by atoms with Crippen molar-refractivity contribution in [2.24, 2.45) is 0 Å². The number of methoxy groups -OCH3 is 1. The highest BCUT2D eigenvalue weighted by molar-refractivity contribution is 5.87. The maximum Gasteiger partial charge on any atom is 0.340 e. The summed E-state index contributed by atoms with van der Waals surface area (Å²) in [5, 5.41) is 14.2. The number of phenolic OH excluding ortho intramolecular Hbond substituents is 1. The molecule has 1 fully saturated rings. The predicted octanol–water partition coefficient (Wildman–Crippen LogP) is 2.21. The Bertz CT molecular complexity index is 873. The van der Waals surface area contributed by atoms with Gasteiger partial charge >= 0.3 is 11.6 Å². The second-order valence-electron chi connectivity index (χ2n) is 6.45. The van der Waals surface area contributed by atoms with Crippen molar-refractivity contribution in [1.29, 1.82) is 0 Å². The second-order valence-corrected chi connectivity index (χ2v) is 6.45. The Morgan fingerprint density at radius 2 is 2.15 bits per heavy atom. The Hall–Kier alpha value is -2.09. The third-order valence-corrected chi connectivity index (χ3v) is 4.78. The monoisotopic (exact) mass is 397 g/mol. The average molecular weight is 398 g/mol. The number of hydrogen-bond donors (Lipinski definition) is 2. The van der Waals surface area contributed by atoms with Gasteiger partial charge in [-0.3, -0.25) is 4.79 Å². The van der Waals surface area contributed by atoms with Crippen LogP contribution in [-0.4, -0.2) is 37.4 Å². The lowest BCUT2D eigenvalue weighted by molar-refractivity contribution is -0.139. The Morgan fingerprint density at radius 1 is 1.37 bits per heavy atom. The van der Waals surface area contributed by atoms with Crippen LogP contribution in [0.2, 0.25) is 0 Å². The summed E-state index contributed by atoms with van der Waals surface area (Å²) in [6, 6.07) is 3.26. The van der Waals surface area contributed by atoms with Crippen molar-refractivity contribution in [1.82, 2.24) is 5.32 Å². The van der Waals surface area contributed by atoms with Crippen LogP contribution in [0.1, 0.15) is 29.5 Å². The van der Waals surface area contributed by atoms with E-state index in [1.165, 1.54) is 7.11 Å². The molecule has 0 bridgehead atoms. The maximum absolute atomic E-state index is 12.4. The summed E-state index contributed by atoms with van der Waals surface area (Å²) < 4.78 is 15.7. The van der Waals surface area contributed by atoms with Crippen LogP contribution in [-0.2, 0) is 27.2 Å². The van der Waals surface area contributed by atoms with Gasteiger partial charge < -0.3 is 24.3 Å². The van der Waals surface area contributed by atoms with E-state index in [-0.39, 0.29) is 36.2 Å². The molecule has 0 spiro atoms. The standard InChI is InChI=1S/C19H23NO6.ClH/c1-11-13-5-6-16(21)15(10-20-9-12-4-3-7-25-12)18(13)26-19(23)14(11)8-17(22)24-2;/h5-6,12,20-21H,3-4,7-10H2,1-2H3;1H. The molecule has 2 N–H and O–H groups in total. The number of carbonyl (C=O) groups is 1. The minimum absolute atomic E-state index is 0. The summed E-state index contributed by atoms with van der Waals surface area (Å²) in [4.78, 5) is 23.9. The van der Waals surface area contributed by atoms with Crippen LogP contribution in [0.4, 0.5) is 0 Å². The number of aryl methyl sites for hydroxylation is 1. The molecular formula is C19H24ClNO6. The summed E-state index contributed by atoms with van der Waals surface area (Å²) >= 11 is 0. The molecule has 2 heterocycles. The highest BCUT2D eigenvalue weighted by atomic mass is 35.5. The molecule has 1 saturated heterocycles. The first-order chi connectivity index (χ1) is 12.5. The molecule has 0 saturated carbocycles. The van der Waals surface area contributed by atoms with Crippen LogP contribution in [0.5, 0.6) is 5.75 Å². The quantitative estimate of drug-likeness (QED) is 0.569. The molecule has 148 valence electrons. The van der Waals surface area contributed by atoms with E-state index >= 15 is 0 Å². The van der Waals surface area contributed by atoms with Gasteiger partial charge in [0.25, 0.3) is 0 Å². The number of esters is 1. The van der Waals surface area contributed by atoms with Gasteiger partial charge in [0.1, 0.15) is 11.3 Å². The van der Waals surface area contributed by atoms with Crippen molar-refractivity contribution in [3.8, 4) is 5.75 Å².